The quantitative estimate of drug-likeness (QED) is 0.665. The first-order chi connectivity index (χ1) is 7.82. The number of hydrogen-bond acceptors (Lipinski definition) is 3. The van der Waals surface area contributed by atoms with Gasteiger partial charge in [-0.05, 0) is 5.56 Å². The zero-order valence-corrected chi connectivity index (χ0v) is 8.26. The number of alkyl halides is 5. The predicted octanol–water partition coefficient (Wildman–Crippen LogP) is 2.31. The number of rotatable bonds is 3. The lowest BCUT2D eigenvalue weighted by Crippen LogP contribution is -2.17. The van der Waals surface area contributed by atoms with Crippen LogP contribution in [0.2, 0.25) is 0 Å². The highest BCUT2D eigenvalue weighted by molar-refractivity contribution is 5.79. The van der Waals surface area contributed by atoms with Crippen LogP contribution in [0.3, 0.4) is 0 Å². The highest BCUT2D eigenvalue weighted by Crippen LogP contribution is 2.34. The van der Waals surface area contributed by atoms with E-state index >= 15 is 0 Å². The summed E-state index contributed by atoms with van der Waals surface area (Å²) in [7, 11) is 0. The van der Waals surface area contributed by atoms with Crippen molar-refractivity contribution in [2.45, 2.75) is 19.1 Å². The van der Waals surface area contributed by atoms with Gasteiger partial charge in [-0.1, -0.05) is 0 Å². The molecule has 17 heavy (non-hydrogen) atoms. The van der Waals surface area contributed by atoms with E-state index in [1.165, 1.54) is 0 Å². The van der Waals surface area contributed by atoms with Crippen molar-refractivity contribution in [2.75, 3.05) is 0 Å². The van der Waals surface area contributed by atoms with Crippen LogP contribution < -0.4 is 5.73 Å². The van der Waals surface area contributed by atoms with Crippen molar-refractivity contribution in [2.24, 2.45) is 5.73 Å². The van der Waals surface area contributed by atoms with Crippen LogP contribution in [0.4, 0.5) is 22.0 Å². The Morgan fingerprint density at radius 3 is 2.35 bits per heavy atom. The number of hydrogen-bond donors (Lipinski definition) is 1. The van der Waals surface area contributed by atoms with Crippen molar-refractivity contribution < 1.29 is 26.7 Å². The van der Waals surface area contributed by atoms with Gasteiger partial charge < -0.3 is 5.73 Å². The summed E-state index contributed by atoms with van der Waals surface area (Å²) >= 11 is 0. The van der Waals surface area contributed by atoms with E-state index in [0.29, 0.717) is 0 Å². The summed E-state index contributed by atoms with van der Waals surface area (Å²) in [4.78, 5) is 13.6. The third kappa shape index (κ3) is 2.57. The number of aromatic nitrogens is 1. The van der Waals surface area contributed by atoms with E-state index in [4.69, 9.17) is 5.73 Å². The first-order valence-corrected chi connectivity index (χ1v) is 4.35. The molecule has 1 aromatic heterocycles. The van der Waals surface area contributed by atoms with Gasteiger partial charge in [0, 0.05) is 18.3 Å². The summed E-state index contributed by atoms with van der Waals surface area (Å²) in [5, 5.41) is 0. The molecule has 0 spiro atoms. The molecule has 3 nitrogen and oxygen atoms in total. The highest BCUT2D eigenvalue weighted by atomic mass is 19.4. The Balaban J connectivity index is 3.54. The smallest absolute Gasteiger partial charge is 0.326 e. The van der Waals surface area contributed by atoms with Crippen LogP contribution in [0, 0.1) is 0 Å². The molecule has 0 saturated heterocycles. The second-order valence-electron chi connectivity index (χ2n) is 3.07. The number of carbonyl (C=O) groups excluding carboxylic acids is 1. The molecule has 8 heteroatoms. The van der Waals surface area contributed by atoms with Crippen molar-refractivity contribution in [1.82, 2.24) is 4.98 Å². The van der Waals surface area contributed by atoms with Crippen LogP contribution in [-0.2, 0) is 12.7 Å². The van der Waals surface area contributed by atoms with Gasteiger partial charge in [0.05, 0.1) is 5.56 Å². The number of pyridine rings is 1. The molecule has 1 rings (SSSR count). The van der Waals surface area contributed by atoms with Crippen molar-refractivity contribution in [3.8, 4) is 0 Å². The van der Waals surface area contributed by atoms with Gasteiger partial charge in [-0.3, -0.25) is 9.78 Å². The van der Waals surface area contributed by atoms with Gasteiger partial charge in [-0.25, -0.2) is 8.78 Å². The first-order valence-electron chi connectivity index (χ1n) is 4.35. The topological polar surface area (TPSA) is 56.0 Å². The van der Waals surface area contributed by atoms with Gasteiger partial charge in [0.25, 0.3) is 6.43 Å². The Bertz CT molecular complexity index is 430. The Hall–Kier alpha value is -1.57. The largest absolute Gasteiger partial charge is 0.418 e. The average Bonchev–Trinajstić information content (AvgIpc) is 2.25. The van der Waals surface area contributed by atoms with Crippen molar-refractivity contribution in [3.63, 3.8) is 0 Å². The molecule has 0 aliphatic rings. The molecular formula is C9H7F5N2O. The Kier molecular flexibility index (Phi) is 3.76. The maximum atomic E-state index is 12.5. The fourth-order valence-corrected chi connectivity index (χ4v) is 1.35. The zero-order chi connectivity index (χ0) is 13.2. The van der Waals surface area contributed by atoms with E-state index in [1.807, 2.05) is 0 Å². The number of nitrogens with two attached hydrogens (primary N) is 1. The van der Waals surface area contributed by atoms with Crippen molar-refractivity contribution in [3.05, 3.63) is 28.6 Å². The van der Waals surface area contributed by atoms with Crippen LogP contribution in [0.15, 0.2) is 6.20 Å². The molecule has 1 heterocycles. The molecule has 0 aromatic carbocycles. The normalized spacial score (nSPS) is 11.9. The number of nitrogens with zero attached hydrogens (tertiary/aromatic N) is 1. The molecule has 0 saturated carbocycles. The molecule has 1 aromatic rings. The van der Waals surface area contributed by atoms with E-state index < -0.39 is 41.5 Å². The van der Waals surface area contributed by atoms with Gasteiger partial charge in [0.1, 0.15) is 5.69 Å². The van der Waals surface area contributed by atoms with Crippen LogP contribution in [0.5, 0.6) is 0 Å². The SMILES string of the molecule is NCc1c(C(F)(F)F)cnc(C(F)F)c1C=O. The van der Waals surface area contributed by atoms with Crippen molar-refractivity contribution in [1.29, 1.82) is 0 Å². The Morgan fingerprint density at radius 2 is 2.00 bits per heavy atom. The van der Waals surface area contributed by atoms with Crippen LogP contribution in [0.25, 0.3) is 0 Å². The van der Waals surface area contributed by atoms with Gasteiger partial charge in [-0.15, -0.1) is 0 Å². The Labute approximate surface area is 92.4 Å². The van der Waals surface area contributed by atoms with Gasteiger partial charge >= 0.3 is 6.18 Å². The van der Waals surface area contributed by atoms with Gasteiger partial charge in [0.15, 0.2) is 6.29 Å². The van der Waals surface area contributed by atoms with E-state index in [9.17, 15) is 26.7 Å². The van der Waals surface area contributed by atoms with Gasteiger partial charge in [-0.2, -0.15) is 13.2 Å². The maximum absolute atomic E-state index is 12.5. The summed E-state index contributed by atoms with van der Waals surface area (Å²) < 4.78 is 62.3. The van der Waals surface area contributed by atoms with Gasteiger partial charge in [0.2, 0.25) is 0 Å². The lowest BCUT2D eigenvalue weighted by Gasteiger charge is -2.15. The lowest BCUT2D eigenvalue weighted by atomic mass is 10.0. The minimum Gasteiger partial charge on any atom is -0.326 e. The zero-order valence-electron chi connectivity index (χ0n) is 8.26. The fourth-order valence-electron chi connectivity index (χ4n) is 1.35. The number of halogens is 5. The molecule has 2 N–H and O–H groups in total. The monoisotopic (exact) mass is 254 g/mol. The molecular weight excluding hydrogens is 247 g/mol. The summed E-state index contributed by atoms with van der Waals surface area (Å²) in [6.45, 7) is -0.675. The maximum Gasteiger partial charge on any atom is 0.418 e. The molecule has 0 aliphatic carbocycles. The fraction of sp³-hybridized carbons (Fsp3) is 0.333. The summed E-state index contributed by atoms with van der Waals surface area (Å²) in [6, 6.07) is 0. The number of carbonyl (C=O) groups is 1. The lowest BCUT2D eigenvalue weighted by molar-refractivity contribution is -0.138. The standard InChI is InChI=1S/C9H7F5N2O/c10-8(11)7-5(3-17)4(1-15)6(2-16-7)9(12,13)14/h2-3,8H,1,15H2. The molecule has 0 amide bonds. The third-order valence-corrected chi connectivity index (χ3v) is 2.09. The second-order valence-corrected chi connectivity index (χ2v) is 3.07. The molecule has 0 aliphatic heterocycles. The first kappa shape index (κ1) is 13.5. The Morgan fingerprint density at radius 1 is 1.41 bits per heavy atom. The predicted molar refractivity (Wildman–Crippen MR) is 47.5 cm³/mol. The minimum atomic E-state index is -4.79. The minimum absolute atomic E-state index is 0.0913. The van der Waals surface area contributed by atoms with E-state index in [-0.39, 0.29) is 12.5 Å². The van der Waals surface area contributed by atoms with Crippen LogP contribution in [0.1, 0.15) is 33.6 Å². The van der Waals surface area contributed by atoms with Crippen LogP contribution in [-0.4, -0.2) is 11.3 Å². The molecule has 0 fully saturated rings. The van der Waals surface area contributed by atoms with Crippen LogP contribution >= 0.6 is 0 Å². The highest BCUT2D eigenvalue weighted by Gasteiger charge is 2.36. The summed E-state index contributed by atoms with van der Waals surface area (Å²) in [5.74, 6) is 0. The molecule has 94 valence electrons. The third-order valence-electron chi connectivity index (χ3n) is 2.09. The summed E-state index contributed by atoms with van der Waals surface area (Å²) in [6.07, 6.45) is -7.76. The van der Waals surface area contributed by atoms with Crippen molar-refractivity contribution >= 4 is 6.29 Å². The summed E-state index contributed by atoms with van der Waals surface area (Å²) in [5.41, 5.74) is 1.33. The average molecular weight is 254 g/mol. The molecule has 0 atom stereocenters. The number of aldehydes is 1. The second kappa shape index (κ2) is 4.74. The van der Waals surface area contributed by atoms with E-state index in [2.05, 4.69) is 4.98 Å². The molecule has 0 unspecified atom stereocenters. The molecule has 0 radical (unpaired) electrons. The van der Waals surface area contributed by atoms with E-state index in [1.54, 1.807) is 0 Å². The van der Waals surface area contributed by atoms with E-state index in [0.717, 1.165) is 0 Å². The molecule has 0 bridgehead atoms.